The van der Waals surface area contributed by atoms with Crippen LogP contribution >= 0.6 is 0 Å². The number of hydrogen-bond acceptors (Lipinski definition) is 3. The summed E-state index contributed by atoms with van der Waals surface area (Å²) in [5.74, 6) is 0.199. The van der Waals surface area contributed by atoms with Gasteiger partial charge in [0.25, 0.3) is 5.91 Å². The van der Waals surface area contributed by atoms with Gasteiger partial charge >= 0.3 is 0 Å². The summed E-state index contributed by atoms with van der Waals surface area (Å²) in [6, 6.07) is 13.7. The van der Waals surface area contributed by atoms with Crippen molar-refractivity contribution in [1.82, 2.24) is 10.6 Å². The van der Waals surface area contributed by atoms with Gasteiger partial charge in [-0.1, -0.05) is 24.3 Å². The zero-order valence-corrected chi connectivity index (χ0v) is 13.6. The molecular weight excluding hydrogens is 307 g/mol. The van der Waals surface area contributed by atoms with Gasteiger partial charge in [0.05, 0.1) is 12.7 Å². The zero-order valence-electron chi connectivity index (χ0n) is 13.6. The molecule has 4 nitrogen and oxygen atoms in total. The molecule has 2 aromatic carbocycles. The second kappa shape index (κ2) is 7.45. The Balaban J connectivity index is 1.80. The van der Waals surface area contributed by atoms with Gasteiger partial charge in [0.1, 0.15) is 11.6 Å². The van der Waals surface area contributed by atoms with Crippen LogP contribution in [0.25, 0.3) is 0 Å². The molecule has 126 valence electrons. The molecule has 2 aromatic rings. The van der Waals surface area contributed by atoms with Crippen LogP contribution in [0.5, 0.6) is 5.75 Å². The van der Waals surface area contributed by atoms with Crippen LogP contribution in [0.2, 0.25) is 0 Å². The third-order valence-corrected chi connectivity index (χ3v) is 4.43. The molecule has 1 aliphatic rings. The summed E-state index contributed by atoms with van der Waals surface area (Å²) in [5.41, 5.74) is 1.42. The van der Waals surface area contributed by atoms with Crippen molar-refractivity contribution in [2.24, 2.45) is 0 Å². The van der Waals surface area contributed by atoms with Gasteiger partial charge in [-0.3, -0.25) is 4.79 Å². The first-order valence-corrected chi connectivity index (χ1v) is 8.09. The Labute approximate surface area is 141 Å². The second-order valence-electron chi connectivity index (χ2n) is 5.93. The highest BCUT2D eigenvalue weighted by Crippen LogP contribution is 2.27. The van der Waals surface area contributed by atoms with E-state index >= 15 is 0 Å². The maximum Gasteiger partial charge on any atom is 0.255 e. The number of piperidine rings is 1. The van der Waals surface area contributed by atoms with Gasteiger partial charge in [-0.25, -0.2) is 4.39 Å². The van der Waals surface area contributed by atoms with Crippen LogP contribution < -0.4 is 15.4 Å². The van der Waals surface area contributed by atoms with Crippen LogP contribution in [0.4, 0.5) is 4.39 Å². The first kappa shape index (κ1) is 16.5. The SMILES string of the molecule is COc1ccccc1C(=O)N[C@@H]1CNCC[C@H]1c1cccc(F)c1. The van der Waals surface area contributed by atoms with Crippen molar-refractivity contribution in [2.75, 3.05) is 20.2 Å². The predicted octanol–water partition coefficient (Wildman–Crippen LogP) is 2.71. The molecule has 1 fully saturated rings. The largest absolute Gasteiger partial charge is 0.496 e. The molecule has 3 rings (SSSR count). The Morgan fingerprint density at radius 1 is 1.25 bits per heavy atom. The molecule has 1 saturated heterocycles. The van der Waals surface area contributed by atoms with Gasteiger partial charge in [0.15, 0.2) is 0 Å². The van der Waals surface area contributed by atoms with E-state index in [9.17, 15) is 9.18 Å². The lowest BCUT2D eigenvalue weighted by atomic mass is 9.86. The molecule has 24 heavy (non-hydrogen) atoms. The normalized spacial score (nSPS) is 20.4. The quantitative estimate of drug-likeness (QED) is 0.907. The smallest absolute Gasteiger partial charge is 0.255 e. The highest BCUT2D eigenvalue weighted by Gasteiger charge is 2.28. The van der Waals surface area contributed by atoms with E-state index in [1.54, 1.807) is 37.4 Å². The Morgan fingerprint density at radius 2 is 2.08 bits per heavy atom. The molecular formula is C19H21FN2O2. The maximum absolute atomic E-state index is 13.6. The lowest BCUT2D eigenvalue weighted by Crippen LogP contribution is -2.50. The number of amides is 1. The van der Waals surface area contributed by atoms with E-state index in [0.717, 1.165) is 18.5 Å². The van der Waals surface area contributed by atoms with E-state index in [4.69, 9.17) is 4.74 Å². The summed E-state index contributed by atoms with van der Waals surface area (Å²) in [6.07, 6.45) is 0.848. The number of hydrogen-bond donors (Lipinski definition) is 2. The summed E-state index contributed by atoms with van der Waals surface area (Å²) >= 11 is 0. The molecule has 0 aromatic heterocycles. The molecule has 2 N–H and O–H groups in total. The lowest BCUT2D eigenvalue weighted by Gasteiger charge is -2.33. The van der Waals surface area contributed by atoms with E-state index in [2.05, 4.69) is 10.6 Å². The van der Waals surface area contributed by atoms with Crippen molar-refractivity contribution in [3.8, 4) is 5.75 Å². The number of rotatable bonds is 4. The van der Waals surface area contributed by atoms with Crippen LogP contribution in [0.3, 0.4) is 0 Å². The maximum atomic E-state index is 13.6. The molecule has 1 heterocycles. The van der Waals surface area contributed by atoms with Crippen molar-refractivity contribution >= 4 is 5.91 Å². The number of methoxy groups -OCH3 is 1. The summed E-state index contributed by atoms with van der Waals surface area (Å²) in [4.78, 5) is 12.6. The van der Waals surface area contributed by atoms with Gasteiger partial charge in [0, 0.05) is 18.5 Å². The third kappa shape index (κ3) is 3.57. The molecule has 0 unspecified atom stereocenters. The predicted molar refractivity (Wildman–Crippen MR) is 90.9 cm³/mol. The van der Waals surface area contributed by atoms with Crippen LogP contribution in [0.1, 0.15) is 28.3 Å². The summed E-state index contributed by atoms with van der Waals surface area (Å²) in [7, 11) is 1.55. The van der Waals surface area contributed by atoms with Crippen LogP contribution in [0, 0.1) is 5.82 Å². The van der Waals surface area contributed by atoms with Crippen LogP contribution in [-0.4, -0.2) is 32.1 Å². The third-order valence-electron chi connectivity index (χ3n) is 4.43. The minimum absolute atomic E-state index is 0.0839. The Kier molecular flexibility index (Phi) is 5.11. The van der Waals surface area contributed by atoms with E-state index in [1.165, 1.54) is 6.07 Å². The second-order valence-corrected chi connectivity index (χ2v) is 5.93. The molecule has 0 radical (unpaired) electrons. The number of halogens is 1. The molecule has 5 heteroatoms. The van der Waals surface area contributed by atoms with Crippen LogP contribution in [0.15, 0.2) is 48.5 Å². The Bertz CT molecular complexity index is 720. The first-order chi connectivity index (χ1) is 11.7. The average Bonchev–Trinajstić information content (AvgIpc) is 2.62. The number of carbonyl (C=O) groups excluding carboxylic acids is 1. The highest BCUT2D eigenvalue weighted by atomic mass is 19.1. The number of para-hydroxylation sites is 1. The van der Waals surface area contributed by atoms with Crippen molar-refractivity contribution in [1.29, 1.82) is 0 Å². The molecule has 1 amide bonds. The highest BCUT2D eigenvalue weighted by molar-refractivity contribution is 5.97. The Hall–Kier alpha value is -2.40. The first-order valence-electron chi connectivity index (χ1n) is 8.09. The average molecular weight is 328 g/mol. The van der Waals surface area contributed by atoms with Crippen molar-refractivity contribution < 1.29 is 13.9 Å². The van der Waals surface area contributed by atoms with E-state index in [0.29, 0.717) is 17.9 Å². The minimum Gasteiger partial charge on any atom is -0.496 e. The van der Waals surface area contributed by atoms with Crippen molar-refractivity contribution in [3.63, 3.8) is 0 Å². The molecule has 0 saturated carbocycles. The number of benzene rings is 2. The van der Waals surface area contributed by atoms with Crippen molar-refractivity contribution in [3.05, 3.63) is 65.5 Å². The molecule has 0 bridgehead atoms. The number of carbonyl (C=O) groups is 1. The van der Waals surface area contributed by atoms with Gasteiger partial charge in [-0.05, 0) is 42.8 Å². The molecule has 1 aliphatic heterocycles. The van der Waals surface area contributed by atoms with Gasteiger partial charge in [-0.15, -0.1) is 0 Å². The van der Waals surface area contributed by atoms with Gasteiger partial charge in [-0.2, -0.15) is 0 Å². The standard InChI is InChI=1S/C19H21FN2O2/c1-24-18-8-3-2-7-16(18)19(23)22-17-12-21-10-9-15(17)13-5-4-6-14(20)11-13/h2-8,11,15,17,21H,9-10,12H2,1H3,(H,22,23)/t15-,17+/m0/s1. The van der Waals surface area contributed by atoms with E-state index in [1.807, 2.05) is 12.1 Å². The summed E-state index contributed by atoms with van der Waals surface area (Å²) < 4.78 is 18.8. The fourth-order valence-corrected chi connectivity index (χ4v) is 3.22. The molecule has 2 atom stereocenters. The lowest BCUT2D eigenvalue weighted by molar-refractivity contribution is 0.0921. The monoisotopic (exact) mass is 328 g/mol. The number of ether oxygens (including phenoxy) is 1. The zero-order chi connectivity index (χ0) is 16.9. The fraction of sp³-hybridized carbons (Fsp3) is 0.316. The molecule has 0 aliphatic carbocycles. The van der Waals surface area contributed by atoms with E-state index < -0.39 is 0 Å². The Morgan fingerprint density at radius 3 is 2.88 bits per heavy atom. The fourth-order valence-electron chi connectivity index (χ4n) is 3.22. The van der Waals surface area contributed by atoms with Crippen molar-refractivity contribution in [2.45, 2.75) is 18.4 Å². The summed E-state index contributed by atoms with van der Waals surface area (Å²) in [5, 5.41) is 6.37. The molecule has 0 spiro atoms. The van der Waals surface area contributed by atoms with Gasteiger partial charge < -0.3 is 15.4 Å². The number of nitrogens with one attached hydrogen (secondary N) is 2. The summed E-state index contributed by atoms with van der Waals surface area (Å²) in [6.45, 7) is 1.50. The topological polar surface area (TPSA) is 50.4 Å². The van der Waals surface area contributed by atoms with Crippen LogP contribution in [-0.2, 0) is 0 Å². The minimum atomic E-state index is -0.249. The van der Waals surface area contributed by atoms with Gasteiger partial charge in [0.2, 0.25) is 0 Å². The van der Waals surface area contributed by atoms with E-state index in [-0.39, 0.29) is 23.7 Å².